The molecule has 3 aromatic rings. The van der Waals surface area contributed by atoms with Crippen LogP contribution in [-0.2, 0) is 4.79 Å². The summed E-state index contributed by atoms with van der Waals surface area (Å²) in [5, 5.41) is 10.9. The Kier molecular flexibility index (Phi) is 3.75. The summed E-state index contributed by atoms with van der Waals surface area (Å²) in [6, 6.07) is 13.2. The van der Waals surface area contributed by atoms with Crippen LogP contribution >= 0.6 is 0 Å². The monoisotopic (exact) mass is 324 g/mol. The summed E-state index contributed by atoms with van der Waals surface area (Å²) in [7, 11) is 0. The summed E-state index contributed by atoms with van der Waals surface area (Å²) < 4.78 is 14.2. The predicted octanol–water partition coefficient (Wildman–Crippen LogP) is 3.19. The molecule has 1 unspecified atom stereocenters. The number of ketones is 1. The highest BCUT2D eigenvalue weighted by Gasteiger charge is 2.26. The Labute approximate surface area is 139 Å². The molecule has 5 nitrogen and oxygen atoms in total. The molecule has 1 heterocycles. The zero-order valence-electron chi connectivity index (χ0n) is 14.1. The van der Waals surface area contributed by atoms with Gasteiger partial charge in [0.05, 0.1) is 16.6 Å². The van der Waals surface area contributed by atoms with E-state index in [9.17, 15) is 14.7 Å². The third-order valence-electron chi connectivity index (χ3n) is 3.79. The van der Waals surface area contributed by atoms with Gasteiger partial charge in [-0.3, -0.25) is 4.79 Å². The first-order chi connectivity index (χ1) is 11.8. The summed E-state index contributed by atoms with van der Waals surface area (Å²) >= 11 is 0. The Morgan fingerprint density at radius 1 is 1.25 bits per heavy atom. The number of Topliss-reactive ketones (excluding diaryl/α,β-unsaturated/α-hetero) is 1. The first-order valence-corrected chi connectivity index (χ1v) is 7.44. The van der Waals surface area contributed by atoms with E-state index in [4.69, 9.17) is 11.5 Å². The van der Waals surface area contributed by atoms with Crippen LogP contribution in [0.2, 0.25) is 0 Å². The quantitative estimate of drug-likeness (QED) is 0.568. The van der Waals surface area contributed by atoms with Crippen LogP contribution in [0.1, 0.15) is 31.7 Å². The summed E-state index contributed by atoms with van der Waals surface area (Å²) in [4.78, 5) is 24.4. The molecule has 3 N–H and O–H groups in total. The lowest BCUT2D eigenvalue weighted by Gasteiger charge is -2.17. The van der Waals surface area contributed by atoms with E-state index in [-0.39, 0.29) is 34.4 Å². The van der Waals surface area contributed by atoms with Crippen LogP contribution in [-0.4, -0.2) is 10.9 Å². The third-order valence-corrected chi connectivity index (χ3v) is 3.79. The first-order valence-electron chi connectivity index (χ1n) is 7.94. The summed E-state index contributed by atoms with van der Waals surface area (Å²) in [5.74, 6) is -2.44. The Balaban J connectivity index is 2.38. The van der Waals surface area contributed by atoms with E-state index in [1.165, 1.54) is 6.92 Å². The van der Waals surface area contributed by atoms with Crippen molar-refractivity contribution in [2.45, 2.75) is 19.2 Å². The SMILES string of the molecule is [2H]C(CC(C)=O)(c1ccccc1)c1c(O)c2cccc(N)c2oc1=O. The average Bonchev–Trinajstić information content (AvgIpc) is 2.56. The fraction of sp³-hybridized carbons (Fsp3) is 0.158. The van der Waals surface area contributed by atoms with Crippen molar-refractivity contribution in [3.05, 3.63) is 70.1 Å². The number of nitrogen functional groups attached to an aromatic ring is 1. The molecule has 24 heavy (non-hydrogen) atoms. The maximum absolute atomic E-state index is 12.6. The topological polar surface area (TPSA) is 93.5 Å². The van der Waals surface area contributed by atoms with Crippen LogP contribution in [0.15, 0.2) is 57.7 Å². The largest absolute Gasteiger partial charge is 0.507 e. The number of benzene rings is 2. The van der Waals surface area contributed by atoms with Crippen molar-refractivity contribution in [2.75, 3.05) is 5.73 Å². The molecule has 0 saturated heterocycles. The van der Waals surface area contributed by atoms with Crippen molar-refractivity contribution in [3.63, 3.8) is 0 Å². The van der Waals surface area contributed by atoms with Crippen LogP contribution in [0.25, 0.3) is 11.0 Å². The van der Waals surface area contributed by atoms with E-state index < -0.39 is 17.3 Å². The van der Waals surface area contributed by atoms with Crippen molar-refractivity contribution < 1.29 is 15.7 Å². The highest BCUT2D eigenvalue weighted by molar-refractivity contribution is 5.92. The van der Waals surface area contributed by atoms with Gasteiger partial charge in [0.1, 0.15) is 11.5 Å². The molecule has 0 saturated carbocycles. The van der Waals surface area contributed by atoms with Crippen molar-refractivity contribution in [1.29, 1.82) is 0 Å². The normalized spacial score (nSPS) is 14.1. The maximum Gasteiger partial charge on any atom is 0.343 e. The van der Waals surface area contributed by atoms with Crippen LogP contribution in [0.5, 0.6) is 5.75 Å². The number of hydrogen-bond donors (Lipinski definition) is 2. The number of hydrogen-bond acceptors (Lipinski definition) is 5. The molecule has 122 valence electrons. The highest BCUT2D eigenvalue weighted by Crippen LogP contribution is 2.37. The van der Waals surface area contributed by atoms with Gasteiger partial charge in [0, 0.05) is 13.7 Å². The molecule has 3 rings (SSSR count). The number of aromatic hydroxyl groups is 1. The molecule has 0 fully saturated rings. The average molecular weight is 324 g/mol. The van der Waals surface area contributed by atoms with E-state index in [1.807, 2.05) is 0 Å². The van der Waals surface area contributed by atoms with E-state index in [0.717, 1.165) is 0 Å². The second-order valence-corrected chi connectivity index (χ2v) is 5.56. The molecule has 0 aliphatic carbocycles. The number of fused-ring (bicyclic) bond motifs is 1. The fourth-order valence-electron chi connectivity index (χ4n) is 2.72. The van der Waals surface area contributed by atoms with Crippen molar-refractivity contribution >= 4 is 22.4 Å². The zero-order valence-corrected chi connectivity index (χ0v) is 13.1. The van der Waals surface area contributed by atoms with Crippen LogP contribution in [0.3, 0.4) is 0 Å². The van der Waals surface area contributed by atoms with Gasteiger partial charge >= 0.3 is 5.63 Å². The number of nitrogens with two attached hydrogens (primary N) is 1. The van der Waals surface area contributed by atoms with E-state index in [2.05, 4.69) is 0 Å². The molecule has 0 radical (unpaired) electrons. The second kappa shape index (κ2) is 6.20. The lowest BCUT2D eigenvalue weighted by atomic mass is 9.87. The third kappa shape index (κ3) is 2.76. The van der Waals surface area contributed by atoms with E-state index in [1.54, 1.807) is 48.5 Å². The standard InChI is InChI=1S/C19H17NO4/c1-11(21)10-14(12-6-3-2-4-7-12)16-17(22)13-8-5-9-15(20)18(13)24-19(16)23/h2-9,14,22H,10,20H2,1H3/i14D. The van der Waals surface area contributed by atoms with Gasteiger partial charge in [-0.25, -0.2) is 4.79 Å². The van der Waals surface area contributed by atoms with Gasteiger partial charge in [-0.15, -0.1) is 0 Å². The molecule has 2 aromatic carbocycles. The minimum atomic E-state index is -1.77. The molecule has 1 aromatic heterocycles. The number of carbonyl (C=O) groups excluding carboxylic acids is 1. The minimum Gasteiger partial charge on any atom is -0.507 e. The Bertz CT molecular complexity index is 1010. The molecule has 1 atom stereocenters. The summed E-state index contributed by atoms with van der Waals surface area (Å²) in [5.41, 5.74) is 5.32. The number of anilines is 1. The Morgan fingerprint density at radius 3 is 2.62 bits per heavy atom. The van der Waals surface area contributed by atoms with Crippen LogP contribution in [0, 0.1) is 0 Å². The Morgan fingerprint density at radius 2 is 1.96 bits per heavy atom. The molecular weight excluding hydrogens is 306 g/mol. The molecule has 0 aliphatic rings. The number of carbonyl (C=O) groups is 1. The summed E-state index contributed by atoms with van der Waals surface area (Å²) in [6.45, 7) is 1.34. The van der Waals surface area contributed by atoms with Gasteiger partial charge in [-0.05, 0) is 24.6 Å². The van der Waals surface area contributed by atoms with Crippen molar-refractivity contribution in [1.82, 2.24) is 0 Å². The summed E-state index contributed by atoms with van der Waals surface area (Å²) in [6.07, 6.45) is -0.275. The highest BCUT2D eigenvalue weighted by atomic mass is 16.4. The van der Waals surface area contributed by atoms with Gasteiger partial charge in [0.2, 0.25) is 0 Å². The molecule has 0 aliphatic heterocycles. The van der Waals surface area contributed by atoms with Crippen molar-refractivity contribution in [3.8, 4) is 5.75 Å². The molecule has 0 amide bonds. The molecular formula is C19H17NO4. The van der Waals surface area contributed by atoms with Gasteiger partial charge < -0.3 is 15.3 Å². The van der Waals surface area contributed by atoms with Gasteiger partial charge in [0.25, 0.3) is 0 Å². The number of rotatable bonds is 4. The van der Waals surface area contributed by atoms with Crippen LogP contribution < -0.4 is 11.4 Å². The molecule has 5 heteroatoms. The molecule has 0 spiro atoms. The zero-order chi connectivity index (χ0) is 18.2. The maximum atomic E-state index is 12.6. The van der Waals surface area contributed by atoms with Gasteiger partial charge in [-0.1, -0.05) is 36.4 Å². The van der Waals surface area contributed by atoms with E-state index >= 15 is 0 Å². The predicted molar refractivity (Wildman–Crippen MR) is 92.1 cm³/mol. The lowest BCUT2D eigenvalue weighted by molar-refractivity contribution is -0.117. The smallest absolute Gasteiger partial charge is 0.343 e. The molecule has 0 bridgehead atoms. The van der Waals surface area contributed by atoms with Crippen LogP contribution in [0.4, 0.5) is 5.69 Å². The second-order valence-electron chi connectivity index (χ2n) is 5.56. The van der Waals surface area contributed by atoms with Gasteiger partial charge in [0.15, 0.2) is 5.58 Å². The Hall–Kier alpha value is -3.08. The number of para-hydroxylation sites is 1. The lowest BCUT2D eigenvalue weighted by Crippen LogP contribution is -2.16. The first kappa shape index (κ1) is 14.5. The van der Waals surface area contributed by atoms with Gasteiger partial charge in [-0.2, -0.15) is 0 Å². The van der Waals surface area contributed by atoms with E-state index in [0.29, 0.717) is 5.56 Å². The minimum absolute atomic E-state index is 0.0620. The van der Waals surface area contributed by atoms with Crippen molar-refractivity contribution in [2.24, 2.45) is 0 Å². The fourth-order valence-corrected chi connectivity index (χ4v) is 2.72.